The molecule has 0 spiro atoms. The summed E-state index contributed by atoms with van der Waals surface area (Å²) in [5, 5.41) is 4.86. The normalized spacial score (nSPS) is 12.0. The fourth-order valence-electron chi connectivity index (χ4n) is 2.65. The first-order valence-electron chi connectivity index (χ1n) is 8.22. The van der Waals surface area contributed by atoms with E-state index >= 15 is 0 Å². The number of hydrogen-bond donors (Lipinski definition) is 1. The predicted molar refractivity (Wildman–Crippen MR) is 100.0 cm³/mol. The highest BCUT2D eigenvalue weighted by molar-refractivity contribution is 7.89. The number of nitrogens with zero attached hydrogens (tertiary/aromatic N) is 3. The Labute approximate surface area is 156 Å². The Bertz CT molecular complexity index is 1100. The van der Waals surface area contributed by atoms with E-state index in [-0.39, 0.29) is 17.0 Å². The molecule has 7 nitrogen and oxygen atoms in total. The molecule has 0 saturated heterocycles. The molecule has 2 aromatic heterocycles. The summed E-state index contributed by atoms with van der Waals surface area (Å²) in [7, 11) is -3.77. The molecular weight excluding hydrogens is 376 g/mol. The zero-order valence-corrected chi connectivity index (χ0v) is 16.0. The van der Waals surface area contributed by atoms with E-state index in [0.717, 1.165) is 5.56 Å². The van der Waals surface area contributed by atoms with Crippen LogP contribution in [-0.4, -0.2) is 22.6 Å². The number of hydrogen-bond acceptors (Lipinski definition) is 4. The maximum absolute atomic E-state index is 12.6. The molecule has 0 aliphatic heterocycles. The summed E-state index contributed by atoms with van der Waals surface area (Å²) >= 11 is 5.83. The van der Waals surface area contributed by atoms with Crippen molar-refractivity contribution in [1.29, 1.82) is 0 Å². The SMILES string of the molecule is CCc1nn(CC)c(=O)c2cc(S(=O)(=O)NCc3ccc(Cl)cc3)cn12. The Morgan fingerprint density at radius 3 is 2.50 bits per heavy atom. The van der Waals surface area contributed by atoms with Gasteiger partial charge >= 0.3 is 0 Å². The van der Waals surface area contributed by atoms with Crippen molar-refractivity contribution in [3.63, 3.8) is 0 Å². The van der Waals surface area contributed by atoms with Crippen LogP contribution in [0.5, 0.6) is 0 Å². The number of aromatic nitrogens is 3. The second-order valence-electron chi connectivity index (χ2n) is 5.77. The van der Waals surface area contributed by atoms with Gasteiger partial charge in [0.05, 0.1) is 0 Å². The third-order valence-corrected chi connectivity index (χ3v) is 5.69. The summed E-state index contributed by atoms with van der Waals surface area (Å²) in [6.07, 6.45) is 2.01. The molecule has 3 aromatic rings. The second kappa shape index (κ2) is 7.22. The van der Waals surface area contributed by atoms with E-state index in [2.05, 4.69) is 9.82 Å². The van der Waals surface area contributed by atoms with Crippen LogP contribution < -0.4 is 10.3 Å². The van der Waals surface area contributed by atoms with Gasteiger partial charge in [-0.25, -0.2) is 17.8 Å². The van der Waals surface area contributed by atoms with Crippen LogP contribution in [0.4, 0.5) is 0 Å². The molecule has 1 N–H and O–H groups in total. The zero-order chi connectivity index (χ0) is 18.9. The van der Waals surface area contributed by atoms with E-state index in [1.807, 2.05) is 13.8 Å². The average Bonchev–Trinajstić information content (AvgIpc) is 3.09. The molecule has 0 fully saturated rings. The number of aryl methyl sites for hydroxylation is 2. The van der Waals surface area contributed by atoms with Crippen molar-refractivity contribution in [1.82, 2.24) is 18.9 Å². The maximum atomic E-state index is 12.6. The van der Waals surface area contributed by atoms with Crippen LogP contribution in [0.3, 0.4) is 0 Å². The van der Waals surface area contributed by atoms with Gasteiger partial charge in [0.2, 0.25) is 10.0 Å². The summed E-state index contributed by atoms with van der Waals surface area (Å²) < 4.78 is 30.7. The van der Waals surface area contributed by atoms with Crippen LogP contribution in [0, 0.1) is 0 Å². The summed E-state index contributed by atoms with van der Waals surface area (Å²) in [6, 6.07) is 8.29. The molecule has 0 unspecified atom stereocenters. The van der Waals surface area contributed by atoms with E-state index in [4.69, 9.17) is 11.6 Å². The van der Waals surface area contributed by atoms with Crippen molar-refractivity contribution in [3.05, 3.63) is 63.3 Å². The van der Waals surface area contributed by atoms with Gasteiger partial charge in [0.1, 0.15) is 16.2 Å². The van der Waals surface area contributed by atoms with Gasteiger partial charge in [-0.2, -0.15) is 5.10 Å². The van der Waals surface area contributed by atoms with E-state index in [9.17, 15) is 13.2 Å². The summed E-state index contributed by atoms with van der Waals surface area (Å²) in [5.74, 6) is 0.626. The van der Waals surface area contributed by atoms with Gasteiger partial charge in [-0.05, 0) is 30.7 Å². The average molecular weight is 395 g/mol. The molecule has 0 aliphatic rings. The van der Waals surface area contributed by atoms with Gasteiger partial charge in [0.15, 0.2) is 0 Å². The molecule has 26 heavy (non-hydrogen) atoms. The lowest BCUT2D eigenvalue weighted by Crippen LogP contribution is -2.26. The molecule has 3 rings (SSSR count). The Morgan fingerprint density at radius 2 is 1.88 bits per heavy atom. The molecule has 0 amide bonds. The Kier molecular flexibility index (Phi) is 5.17. The van der Waals surface area contributed by atoms with Crippen molar-refractivity contribution >= 4 is 27.1 Å². The molecule has 138 valence electrons. The minimum atomic E-state index is -3.77. The molecule has 2 heterocycles. The predicted octanol–water partition coefficient (Wildman–Crippen LogP) is 2.21. The molecule has 1 aromatic carbocycles. The number of fused-ring (bicyclic) bond motifs is 1. The highest BCUT2D eigenvalue weighted by Gasteiger charge is 2.19. The fraction of sp³-hybridized carbons (Fsp3) is 0.294. The molecular formula is C17H19ClN4O3S. The number of sulfonamides is 1. The lowest BCUT2D eigenvalue weighted by Gasteiger charge is -2.06. The number of halogens is 1. The first-order valence-corrected chi connectivity index (χ1v) is 10.1. The van der Waals surface area contributed by atoms with Gasteiger partial charge in [0.25, 0.3) is 5.56 Å². The smallest absolute Gasteiger partial charge is 0.291 e. The van der Waals surface area contributed by atoms with Gasteiger partial charge < -0.3 is 0 Å². The lowest BCUT2D eigenvalue weighted by atomic mass is 10.2. The molecule has 0 aliphatic carbocycles. The molecule has 0 atom stereocenters. The summed E-state index contributed by atoms with van der Waals surface area (Å²) in [5.41, 5.74) is 0.764. The van der Waals surface area contributed by atoms with Crippen LogP contribution in [0.2, 0.25) is 5.02 Å². The van der Waals surface area contributed by atoms with Gasteiger partial charge in [-0.3, -0.25) is 9.20 Å². The zero-order valence-electron chi connectivity index (χ0n) is 14.4. The molecule has 0 saturated carbocycles. The largest absolute Gasteiger partial charge is 0.297 e. The molecule has 0 bridgehead atoms. The van der Waals surface area contributed by atoms with Crippen LogP contribution in [0.15, 0.2) is 46.2 Å². The van der Waals surface area contributed by atoms with Crippen molar-refractivity contribution in [2.24, 2.45) is 0 Å². The number of nitrogens with one attached hydrogen (secondary N) is 1. The first kappa shape index (κ1) is 18.6. The first-order chi connectivity index (χ1) is 12.4. The minimum Gasteiger partial charge on any atom is -0.297 e. The fourth-order valence-corrected chi connectivity index (χ4v) is 3.81. The van der Waals surface area contributed by atoms with E-state index in [1.54, 1.807) is 28.7 Å². The van der Waals surface area contributed by atoms with Crippen LogP contribution in [0.1, 0.15) is 25.2 Å². The summed E-state index contributed by atoms with van der Waals surface area (Å²) in [4.78, 5) is 12.5. The topological polar surface area (TPSA) is 85.5 Å². The quantitative estimate of drug-likeness (QED) is 0.694. The van der Waals surface area contributed by atoms with Crippen LogP contribution in [0.25, 0.3) is 5.52 Å². The Hall–Kier alpha value is -2.16. The van der Waals surface area contributed by atoms with Gasteiger partial charge in [0, 0.05) is 30.7 Å². The van der Waals surface area contributed by atoms with E-state index in [0.29, 0.717) is 29.3 Å². The Morgan fingerprint density at radius 1 is 1.19 bits per heavy atom. The van der Waals surface area contributed by atoms with Crippen molar-refractivity contribution in [3.8, 4) is 0 Å². The standard InChI is InChI=1S/C17H19ClN4O3S/c1-3-16-20-22(4-2)17(23)15-9-14(11-21(15)16)26(24,25)19-10-12-5-7-13(18)8-6-12/h5-9,11,19H,3-4,10H2,1-2H3. The highest BCUT2D eigenvalue weighted by Crippen LogP contribution is 2.15. The second-order valence-corrected chi connectivity index (χ2v) is 7.98. The summed E-state index contributed by atoms with van der Waals surface area (Å²) in [6.45, 7) is 4.27. The maximum Gasteiger partial charge on any atom is 0.291 e. The van der Waals surface area contributed by atoms with E-state index in [1.165, 1.54) is 16.9 Å². The van der Waals surface area contributed by atoms with Gasteiger partial charge in [-0.15, -0.1) is 0 Å². The third-order valence-electron chi connectivity index (χ3n) is 4.07. The third kappa shape index (κ3) is 3.53. The monoisotopic (exact) mass is 394 g/mol. The number of benzene rings is 1. The van der Waals surface area contributed by atoms with Gasteiger partial charge in [-0.1, -0.05) is 30.7 Å². The minimum absolute atomic E-state index is 0.0360. The highest BCUT2D eigenvalue weighted by atomic mass is 35.5. The van der Waals surface area contributed by atoms with Crippen molar-refractivity contribution in [2.45, 2.75) is 38.3 Å². The van der Waals surface area contributed by atoms with Crippen LogP contribution in [-0.2, 0) is 29.5 Å². The lowest BCUT2D eigenvalue weighted by molar-refractivity contribution is 0.579. The van der Waals surface area contributed by atoms with Crippen molar-refractivity contribution in [2.75, 3.05) is 0 Å². The number of rotatable bonds is 6. The van der Waals surface area contributed by atoms with E-state index < -0.39 is 10.0 Å². The molecule has 9 heteroatoms. The van der Waals surface area contributed by atoms with Crippen LogP contribution >= 0.6 is 11.6 Å². The Balaban J connectivity index is 1.97. The molecule has 0 radical (unpaired) electrons. The van der Waals surface area contributed by atoms with Crippen molar-refractivity contribution < 1.29 is 8.42 Å².